The topological polar surface area (TPSA) is 33.0 Å². The number of nitriles is 1. The van der Waals surface area contributed by atoms with E-state index in [-0.39, 0.29) is 5.92 Å². The second-order valence-electron chi connectivity index (χ2n) is 7.51. The van der Waals surface area contributed by atoms with Crippen LogP contribution in [-0.2, 0) is 16.4 Å². The number of benzene rings is 1. The van der Waals surface area contributed by atoms with E-state index in [1.807, 2.05) is 0 Å². The summed E-state index contributed by atoms with van der Waals surface area (Å²) >= 11 is 0. The Labute approximate surface area is 131 Å². The molecule has 116 valence electrons. The molecule has 0 bridgehead atoms. The van der Waals surface area contributed by atoms with Gasteiger partial charge in [-0.15, -0.1) is 0 Å². The lowest BCUT2D eigenvalue weighted by Gasteiger charge is -2.37. The summed E-state index contributed by atoms with van der Waals surface area (Å²) in [6.07, 6.45) is 1.07. The van der Waals surface area contributed by atoms with Crippen molar-refractivity contribution in [3.8, 4) is 6.07 Å². The van der Waals surface area contributed by atoms with Crippen molar-refractivity contribution in [2.24, 2.45) is 11.8 Å². The first-order valence-corrected chi connectivity index (χ1v) is 11.2. The fourth-order valence-corrected chi connectivity index (χ4v) is 3.93. The first-order valence-electron chi connectivity index (χ1n) is 7.81. The minimum absolute atomic E-state index is 0.116. The normalized spacial score (nSPS) is 15.0. The SMILES string of the molecule is CC(C)Cc1ccc(C(C#N)(O[Si](C)(C)C)C(C)C)cc1. The van der Waals surface area contributed by atoms with Crippen molar-refractivity contribution in [1.82, 2.24) is 0 Å². The predicted molar refractivity (Wildman–Crippen MR) is 91.5 cm³/mol. The third-order valence-corrected chi connectivity index (χ3v) is 4.41. The Bertz CT molecular complexity index is 493. The highest BCUT2D eigenvalue weighted by Gasteiger charge is 2.41. The lowest BCUT2D eigenvalue weighted by molar-refractivity contribution is 0.0680. The molecule has 0 aliphatic heterocycles. The van der Waals surface area contributed by atoms with Crippen LogP contribution in [0.3, 0.4) is 0 Å². The smallest absolute Gasteiger partial charge is 0.186 e. The summed E-state index contributed by atoms with van der Waals surface area (Å²) in [5.41, 5.74) is 1.47. The van der Waals surface area contributed by atoms with Crippen LogP contribution in [0.2, 0.25) is 19.6 Å². The van der Waals surface area contributed by atoms with E-state index in [0.717, 1.165) is 12.0 Å². The molecule has 0 saturated carbocycles. The maximum absolute atomic E-state index is 9.83. The van der Waals surface area contributed by atoms with Crippen molar-refractivity contribution in [3.63, 3.8) is 0 Å². The van der Waals surface area contributed by atoms with Crippen LogP contribution in [0.5, 0.6) is 0 Å². The molecule has 0 saturated heterocycles. The van der Waals surface area contributed by atoms with Crippen molar-refractivity contribution >= 4 is 8.32 Å². The van der Waals surface area contributed by atoms with Gasteiger partial charge in [0.05, 0.1) is 0 Å². The van der Waals surface area contributed by atoms with E-state index in [9.17, 15) is 5.26 Å². The Hall–Kier alpha value is -1.11. The summed E-state index contributed by atoms with van der Waals surface area (Å²) in [6.45, 7) is 15.0. The zero-order valence-corrected chi connectivity index (χ0v) is 15.5. The van der Waals surface area contributed by atoms with E-state index in [4.69, 9.17) is 4.43 Å². The van der Waals surface area contributed by atoms with Crippen LogP contribution in [0.25, 0.3) is 0 Å². The number of hydrogen-bond acceptors (Lipinski definition) is 2. The highest BCUT2D eigenvalue weighted by Crippen LogP contribution is 2.36. The van der Waals surface area contributed by atoms with Crippen LogP contribution >= 0.6 is 0 Å². The second-order valence-corrected chi connectivity index (χ2v) is 11.9. The van der Waals surface area contributed by atoms with Crippen LogP contribution in [-0.4, -0.2) is 8.32 Å². The molecule has 0 spiro atoms. The van der Waals surface area contributed by atoms with Gasteiger partial charge in [0.1, 0.15) is 6.07 Å². The van der Waals surface area contributed by atoms with Gasteiger partial charge in [0.25, 0.3) is 0 Å². The van der Waals surface area contributed by atoms with Gasteiger partial charge in [-0.05, 0) is 49.0 Å². The summed E-state index contributed by atoms with van der Waals surface area (Å²) < 4.78 is 6.32. The van der Waals surface area contributed by atoms with Crippen LogP contribution < -0.4 is 0 Å². The summed E-state index contributed by atoms with van der Waals surface area (Å²) in [6, 6.07) is 10.9. The van der Waals surface area contributed by atoms with E-state index >= 15 is 0 Å². The molecule has 1 unspecified atom stereocenters. The van der Waals surface area contributed by atoms with E-state index in [2.05, 4.69) is 77.7 Å². The van der Waals surface area contributed by atoms with Gasteiger partial charge >= 0.3 is 0 Å². The molecule has 1 rings (SSSR count). The molecular formula is C18H29NOSi. The molecule has 0 aromatic heterocycles. The van der Waals surface area contributed by atoms with Crippen molar-refractivity contribution in [2.75, 3.05) is 0 Å². The molecule has 0 radical (unpaired) electrons. The minimum Gasteiger partial charge on any atom is -0.396 e. The lowest BCUT2D eigenvalue weighted by atomic mass is 9.84. The van der Waals surface area contributed by atoms with Gasteiger partial charge in [0.15, 0.2) is 13.9 Å². The van der Waals surface area contributed by atoms with E-state index in [1.54, 1.807) is 0 Å². The maximum Gasteiger partial charge on any atom is 0.186 e. The molecule has 3 heteroatoms. The van der Waals surface area contributed by atoms with Gasteiger partial charge in [0.2, 0.25) is 0 Å². The summed E-state index contributed by atoms with van der Waals surface area (Å²) in [4.78, 5) is 0. The Morgan fingerprint density at radius 2 is 1.62 bits per heavy atom. The molecule has 0 aliphatic rings. The molecule has 1 atom stereocenters. The van der Waals surface area contributed by atoms with E-state index in [1.165, 1.54) is 5.56 Å². The average molecular weight is 304 g/mol. The lowest BCUT2D eigenvalue weighted by Crippen LogP contribution is -2.43. The van der Waals surface area contributed by atoms with Crippen LogP contribution in [0.4, 0.5) is 0 Å². The molecule has 1 aromatic rings. The Balaban J connectivity index is 3.19. The second kappa shape index (κ2) is 6.77. The fourth-order valence-electron chi connectivity index (χ4n) is 2.57. The van der Waals surface area contributed by atoms with E-state index < -0.39 is 13.9 Å². The molecule has 1 aromatic carbocycles. The first kappa shape index (κ1) is 17.9. The van der Waals surface area contributed by atoms with Crippen LogP contribution in [0, 0.1) is 23.2 Å². The summed E-state index contributed by atoms with van der Waals surface area (Å²) in [5.74, 6) is 0.755. The highest BCUT2D eigenvalue weighted by atomic mass is 28.4. The third-order valence-electron chi connectivity index (χ3n) is 3.47. The van der Waals surface area contributed by atoms with Crippen LogP contribution in [0.15, 0.2) is 24.3 Å². The van der Waals surface area contributed by atoms with Crippen LogP contribution in [0.1, 0.15) is 38.8 Å². The van der Waals surface area contributed by atoms with Crippen molar-refractivity contribution < 1.29 is 4.43 Å². The molecule has 21 heavy (non-hydrogen) atoms. The quantitative estimate of drug-likeness (QED) is 0.684. The zero-order chi connectivity index (χ0) is 16.3. The standard InChI is InChI=1S/C18H29NOSi/c1-14(2)12-16-8-10-17(11-9-16)18(13-19,15(3)4)20-21(5,6)7/h8-11,14-15H,12H2,1-7H3. The van der Waals surface area contributed by atoms with Gasteiger partial charge in [-0.25, -0.2) is 0 Å². The van der Waals surface area contributed by atoms with Gasteiger partial charge in [-0.2, -0.15) is 5.26 Å². The Morgan fingerprint density at radius 1 is 1.10 bits per heavy atom. The van der Waals surface area contributed by atoms with Crippen molar-refractivity contribution in [2.45, 2.75) is 59.4 Å². The van der Waals surface area contributed by atoms with Gasteiger partial charge in [-0.1, -0.05) is 52.0 Å². The summed E-state index contributed by atoms with van der Waals surface area (Å²) in [5, 5.41) is 9.83. The third kappa shape index (κ3) is 4.69. The maximum atomic E-state index is 9.83. The van der Waals surface area contributed by atoms with Gasteiger partial charge in [0, 0.05) is 0 Å². The molecule has 0 fully saturated rings. The number of rotatable bonds is 6. The van der Waals surface area contributed by atoms with Gasteiger partial charge < -0.3 is 4.43 Å². The molecular weight excluding hydrogens is 274 g/mol. The summed E-state index contributed by atoms with van der Waals surface area (Å²) in [7, 11) is -1.82. The average Bonchev–Trinajstić information content (AvgIpc) is 2.34. The number of nitrogens with zero attached hydrogens (tertiary/aromatic N) is 1. The van der Waals surface area contributed by atoms with Crippen molar-refractivity contribution in [3.05, 3.63) is 35.4 Å². The largest absolute Gasteiger partial charge is 0.396 e. The molecule has 0 heterocycles. The van der Waals surface area contributed by atoms with E-state index in [0.29, 0.717) is 5.92 Å². The minimum atomic E-state index is -1.82. The monoisotopic (exact) mass is 303 g/mol. The molecule has 2 nitrogen and oxygen atoms in total. The number of hydrogen-bond donors (Lipinski definition) is 0. The Morgan fingerprint density at radius 3 is 1.95 bits per heavy atom. The molecule has 0 aliphatic carbocycles. The highest BCUT2D eigenvalue weighted by molar-refractivity contribution is 6.69. The zero-order valence-electron chi connectivity index (χ0n) is 14.5. The van der Waals surface area contributed by atoms with Crippen molar-refractivity contribution in [1.29, 1.82) is 5.26 Å². The predicted octanol–water partition coefficient (Wildman–Crippen LogP) is 5.11. The first-order chi connectivity index (χ1) is 9.60. The van der Waals surface area contributed by atoms with Gasteiger partial charge in [-0.3, -0.25) is 0 Å². The molecule has 0 amide bonds. The Kier molecular flexibility index (Phi) is 5.78. The fraction of sp³-hybridized carbons (Fsp3) is 0.611. The molecule has 0 N–H and O–H groups in total.